The van der Waals surface area contributed by atoms with E-state index >= 15 is 0 Å². The van der Waals surface area contributed by atoms with Crippen LogP contribution < -0.4 is 4.74 Å². The molecule has 144 valence electrons. The Morgan fingerprint density at radius 1 is 1.07 bits per heavy atom. The molecule has 3 heteroatoms. The van der Waals surface area contributed by atoms with Gasteiger partial charge >= 0.3 is 5.97 Å². The maximum absolute atomic E-state index is 13.6. The smallest absolute Gasteiger partial charge is 0.343 e. The van der Waals surface area contributed by atoms with Gasteiger partial charge in [-0.15, -0.1) is 0 Å². The van der Waals surface area contributed by atoms with Crippen molar-refractivity contribution in [3.8, 4) is 5.75 Å². The second kappa shape index (κ2) is 9.16. The predicted molar refractivity (Wildman–Crippen MR) is 107 cm³/mol. The van der Waals surface area contributed by atoms with Crippen molar-refractivity contribution in [3.63, 3.8) is 0 Å². The van der Waals surface area contributed by atoms with E-state index in [1.807, 2.05) is 24.3 Å². The molecule has 0 bridgehead atoms. The van der Waals surface area contributed by atoms with Gasteiger partial charge in [-0.1, -0.05) is 44.4 Å². The normalized spacial score (nSPS) is 19.7. The van der Waals surface area contributed by atoms with Crippen molar-refractivity contribution in [1.82, 2.24) is 0 Å². The quantitative estimate of drug-likeness (QED) is 0.413. The van der Waals surface area contributed by atoms with Crippen LogP contribution in [0.25, 0.3) is 0 Å². The third kappa shape index (κ3) is 5.18. The number of unbranched alkanes of at least 4 members (excludes halogenated alkanes) is 1. The summed E-state index contributed by atoms with van der Waals surface area (Å²) in [6, 6.07) is 12.2. The Kier molecular flexibility index (Phi) is 6.65. The lowest BCUT2D eigenvalue weighted by Crippen LogP contribution is -2.14. The third-order valence-electron chi connectivity index (χ3n) is 5.78. The summed E-state index contributed by atoms with van der Waals surface area (Å²) in [7, 11) is 0. The second-order valence-electron chi connectivity index (χ2n) is 7.78. The summed E-state index contributed by atoms with van der Waals surface area (Å²) in [5.41, 5.74) is 2.34. The molecule has 2 nitrogen and oxygen atoms in total. The number of esters is 1. The molecule has 1 saturated carbocycles. The minimum atomic E-state index is -0.451. The van der Waals surface area contributed by atoms with Crippen LogP contribution in [0.2, 0.25) is 0 Å². The van der Waals surface area contributed by atoms with Gasteiger partial charge in [-0.05, 0) is 73.8 Å². The number of halogens is 1. The van der Waals surface area contributed by atoms with Crippen molar-refractivity contribution in [1.29, 1.82) is 0 Å². The van der Waals surface area contributed by atoms with Gasteiger partial charge in [0.05, 0.1) is 5.56 Å². The zero-order valence-electron chi connectivity index (χ0n) is 16.3. The minimum Gasteiger partial charge on any atom is -0.423 e. The fraction of sp³-hybridized carbons (Fsp3) is 0.458. The fourth-order valence-electron chi connectivity index (χ4n) is 3.97. The number of benzene rings is 2. The van der Waals surface area contributed by atoms with Gasteiger partial charge in [0.15, 0.2) is 0 Å². The first-order valence-electron chi connectivity index (χ1n) is 10.1. The summed E-state index contributed by atoms with van der Waals surface area (Å²) >= 11 is 0. The Hall–Kier alpha value is -2.16. The molecule has 2 aromatic rings. The molecule has 0 aliphatic heterocycles. The highest BCUT2D eigenvalue weighted by Crippen LogP contribution is 2.37. The zero-order chi connectivity index (χ0) is 19.2. The van der Waals surface area contributed by atoms with Crippen LogP contribution in [-0.2, 0) is 0 Å². The van der Waals surface area contributed by atoms with E-state index in [0.717, 1.165) is 5.92 Å². The summed E-state index contributed by atoms with van der Waals surface area (Å²) < 4.78 is 18.9. The number of carbonyl (C=O) groups excluding carboxylic acids is 1. The first kappa shape index (κ1) is 19.6. The largest absolute Gasteiger partial charge is 0.423 e. The van der Waals surface area contributed by atoms with Gasteiger partial charge in [0, 0.05) is 6.07 Å². The van der Waals surface area contributed by atoms with Crippen LogP contribution in [0, 0.1) is 18.7 Å². The Bertz CT molecular complexity index is 758. The van der Waals surface area contributed by atoms with Crippen molar-refractivity contribution in [2.24, 2.45) is 5.92 Å². The molecule has 0 heterocycles. The first-order chi connectivity index (χ1) is 13.1. The van der Waals surface area contributed by atoms with Crippen LogP contribution in [0.3, 0.4) is 0 Å². The molecule has 0 unspecified atom stereocenters. The van der Waals surface area contributed by atoms with E-state index in [9.17, 15) is 9.18 Å². The molecule has 2 aromatic carbocycles. The summed E-state index contributed by atoms with van der Waals surface area (Å²) in [5.74, 6) is 0.903. The van der Waals surface area contributed by atoms with Gasteiger partial charge in [-0.2, -0.15) is 0 Å². The first-order valence-corrected chi connectivity index (χ1v) is 10.1. The minimum absolute atomic E-state index is 0.234. The molecule has 0 saturated heterocycles. The van der Waals surface area contributed by atoms with E-state index < -0.39 is 5.97 Å². The summed E-state index contributed by atoms with van der Waals surface area (Å²) in [5, 5.41) is 0. The fourth-order valence-corrected chi connectivity index (χ4v) is 3.97. The van der Waals surface area contributed by atoms with Crippen LogP contribution in [0.4, 0.5) is 4.39 Å². The maximum Gasteiger partial charge on any atom is 0.343 e. The van der Waals surface area contributed by atoms with Crippen LogP contribution in [-0.4, -0.2) is 5.97 Å². The van der Waals surface area contributed by atoms with Crippen molar-refractivity contribution in [2.75, 3.05) is 0 Å². The van der Waals surface area contributed by atoms with E-state index in [1.54, 1.807) is 19.1 Å². The number of rotatable bonds is 6. The third-order valence-corrected chi connectivity index (χ3v) is 5.78. The topological polar surface area (TPSA) is 26.3 Å². The Labute approximate surface area is 161 Å². The molecule has 0 N–H and O–H groups in total. The van der Waals surface area contributed by atoms with Gasteiger partial charge in [0.1, 0.15) is 11.6 Å². The molecule has 0 amide bonds. The molecule has 0 spiro atoms. The molecule has 1 aliphatic rings. The van der Waals surface area contributed by atoms with E-state index in [-0.39, 0.29) is 11.6 Å². The van der Waals surface area contributed by atoms with Gasteiger partial charge in [-0.3, -0.25) is 0 Å². The predicted octanol–water partition coefficient (Wildman–Crippen LogP) is 6.82. The molecule has 27 heavy (non-hydrogen) atoms. The second-order valence-corrected chi connectivity index (χ2v) is 7.78. The Morgan fingerprint density at radius 2 is 1.78 bits per heavy atom. The van der Waals surface area contributed by atoms with Gasteiger partial charge in [-0.25, -0.2) is 9.18 Å². The molecule has 1 aliphatic carbocycles. The van der Waals surface area contributed by atoms with E-state index in [1.165, 1.54) is 56.6 Å². The lowest BCUT2D eigenvalue weighted by molar-refractivity contribution is 0.0734. The van der Waals surface area contributed by atoms with Crippen LogP contribution >= 0.6 is 0 Å². The molecule has 0 atom stereocenters. The molecule has 1 fully saturated rings. The van der Waals surface area contributed by atoms with Gasteiger partial charge in [0.2, 0.25) is 0 Å². The van der Waals surface area contributed by atoms with Crippen molar-refractivity contribution in [2.45, 2.75) is 64.7 Å². The Morgan fingerprint density at radius 3 is 2.41 bits per heavy atom. The number of ether oxygens (including phenoxy) is 1. The van der Waals surface area contributed by atoms with Crippen molar-refractivity contribution >= 4 is 5.97 Å². The van der Waals surface area contributed by atoms with E-state index in [0.29, 0.717) is 17.0 Å². The SMILES string of the molecule is CCCCC1CCC(c2ccc(C(=O)Oc3ccc(C)c(F)c3)cc2)CC1. The zero-order valence-corrected chi connectivity index (χ0v) is 16.3. The monoisotopic (exact) mass is 368 g/mol. The van der Waals surface area contributed by atoms with E-state index in [2.05, 4.69) is 6.92 Å². The molecule has 0 aromatic heterocycles. The Balaban J connectivity index is 1.57. The number of carbonyl (C=O) groups is 1. The lowest BCUT2D eigenvalue weighted by atomic mass is 9.77. The highest BCUT2D eigenvalue weighted by Gasteiger charge is 2.22. The van der Waals surface area contributed by atoms with Gasteiger partial charge < -0.3 is 4.74 Å². The van der Waals surface area contributed by atoms with Crippen LogP contribution in [0.5, 0.6) is 5.75 Å². The molecular formula is C24H29FO2. The number of hydrogen-bond acceptors (Lipinski definition) is 2. The average molecular weight is 368 g/mol. The van der Waals surface area contributed by atoms with Crippen LogP contribution in [0.15, 0.2) is 42.5 Å². The standard InChI is InChI=1S/C24H29FO2/c1-3-4-5-18-7-9-19(10-8-18)20-11-13-21(14-12-20)24(26)27-22-15-6-17(2)23(25)16-22/h6,11-16,18-19H,3-5,7-10H2,1-2H3. The van der Waals surface area contributed by atoms with Crippen LogP contribution in [0.1, 0.15) is 79.3 Å². The van der Waals surface area contributed by atoms with Crippen molar-refractivity contribution < 1.29 is 13.9 Å². The highest BCUT2D eigenvalue weighted by molar-refractivity contribution is 5.91. The maximum atomic E-state index is 13.6. The average Bonchev–Trinajstić information content (AvgIpc) is 2.70. The molecule has 0 radical (unpaired) electrons. The summed E-state index contributed by atoms with van der Waals surface area (Å²) in [4.78, 5) is 12.3. The summed E-state index contributed by atoms with van der Waals surface area (Å²) in [6.45, 7) is 3.93. The lowest BCUT2D eigenvalue weighted by Gasteiger charge is -2.28. The summed E-state index contributed by atoms with van der Waals surface area (Å²) in [6.07, 6.45) is 9.10. The van der Waals surface area contributed by atoms with Gasteiger partial charge in [0.25, 0.3) is 0 Å². The van der Waals surface area contributed by atoms with Crippen molar-refractivity contribution in [3.05, 3.63) is 65.0 Å². The highest BCUT2D eigenvalue weighted by atomic mass is 19.1. The number of hydrogen-bond donors (Lipinski definition) is 0. The number of aryl methyl sites for hydroxylation is 1. The van der Waals surface area contributed by atoms with E-state index in [4.69, 9.17) is 4.74 Å². The molecular weight excluding hydrogens is 339 g/mol. The molecule has 3 rings (SSSR count).